The van der Waals surface area contributed by atoms with Gasteiger partial charge in [-0.15, -0.1) is 11.3 Å². The predicted octanol–water partition coefficient (Wildman–Crippen LogP) is 4.08. The standard InChI is InChI=1S/C19H15ClN2O2S/c20-13-5-3-12(4-6-13)15-7-8-21-19-16(15)10-17(24-19)18(23)22-11-14-2-1-9-25-14/h1-9,17H,10-11H2,(H,22,23). The van der Waals surface area contributed by atoms with E-state index in [1.165, 1.54) is 0 Å². The molecule has 1 N–H and O–H groups in total. The number of halogens is 1. The van der Waals surface area contributed by atoms with Crippen LogP contribution in [0.15, 0.2) is 54.0 Å². The molecule has 1 atom stereocenters. The SMILES string of the molecule is O=C(NCc1cccs1)C1Cc2c(-c3ccc(Cl)cc3)ccnc2O1. The first kappa shape index (κ1) is 16.1. The minimum Gasteiger partial charge on any atom is -0.464 e. The number of thiophene rings is 1. The maximum Gasteiger partial charge on any atom is 0.261 e. The first-order chi connectivity index (χ1) is 12.2. The molecule has 0 aliphatic carbocycles. The fourth-order valence-electron chi connectivity index (χ4n) is 2.88. The molecule has 1 unspecified atom stereocenters. The molecule has 0 spiro atoms. The van der Waals surface area contributed by atoms with Crippen LogP contribution in [0.2, 0.25) is 5.02 Å². The van der Waals surface area contributed by atoms with Gasteiger partial charge in [0.2, 0.25) is 5.88 Å². The molecule has 3 heterocycles. The average molecular weight is 371 g/mol. The van der Waals surface area contributed by atoms with E-state index in [2.05, 4.69) is 10.3 Å². The summed E-state index contributed by atoms with van der Waals surface area (Å²) in [5.41, 5.74) is 3.02. The van der Waals surface area contributed by atoms with Crippen LogP contribution in [0.1, 0.15) is 10.4 Å². The van der Waals surface area contributed by atoms with Gasteiger partial charge in [0.25, 0.3) is 5.91 Å². The number of hydrogen-bond donors (Lipinski definition) is 1. The van der Waals surface area contributed by atoms with Crippen molar-refractivity contribution in [3.05, 3.63) is 69.5 Å². The van der Waals surface area contributed by atoms with E-state index in [-0.39, 0.29) is 5.91 Å². The minimum atomic E-state index is -0.545. The van der Waals surface area contributed by atoms with Crippen molar-refractivity contribution in [3.8, 4) is 17.0 Å². The van der Waals surface area contributed by atoms with Gasteiger partial charge in [-0.3, -0.25) is 4.79 Å². The number of ether oxygens (including phenoxy) is 1. The Kier molecular flexibility index (Phi) is 4.42. The van der Waals surface area contributed by atoms with E-state index in [0.29, 0.717) is 23.9 Å². The van der Waals surface area contributed by atoms with Crippen molar-refractivity contribution in [1.29, 1.82) is 0 Å². The van der Waals surface area contributed by atoms with Crippen molar-refractivity contribution >= 4 is 28.8 Å². The summed E-state index contributed by atoms with van der Waals surface area (Å²) in [6.07, 6.45) is 1.67. The molecule has 0 fully saturated rings. The molecule has 3 aromatic rings. The van der Waals surface area contributed by atoms with Crippen molar-refractivity contribution in [1.82, 2.24) is 10.3 Å². The molecule has 1 aliphatic heterocycles. The zero-order valence-corrected chi connectivity index (χ0v) is 14.8. The number of carbonyl (C=O) groups excluding carboxylic acids is 1. The van der Waals surface area contributed by atoms with Gasteiger partial charge in [0.15, 0.2) is 6.10 Å². The fourth-order valence-corrected chi connectivity index (χ4v) is 3.65. The van der Waals surface area contributed by atoms with Gasteiger partial charge >= 0.3 is 0 Å². The van der Waals surface area contributed by atoms with Crippen LogP contribution in [0.25, 0.3) is 11.1 Å². The number of pyridine rings is 1. The highest BCUT2D eigenvalue weighted by Gasteiger charge is 2.32. The van der Waals surface area contributed by atoms with E-state index in [0.717, 1.165) is 21.6 Å². The summed E-state index contributed by atoms with van der Waals surface area (Å²) in [6.45, 7) is 0.518. The smallest absolute Gasteiger partial charge is 0.261 e. The maximum absolute atomic E-state index is 12.4. The zero-order chi connectivity index (χ0) is 17.2. The van der Waals surface area contributed by atoms with Gasteiger partial charge in [0.05, 0.1) is 6.54 Å². The minimum absolute atomic E-state index is 0.117. The Balaban J connectivity index is 1.51. The van der Waals surface area contributed by atoms with Crippen LogP contribution in [0, 0.1) is 0 Å². The van der Waals surface area contributed by atoms with Gasteiger partial charge < -0.3 is 10.1 Å². The van der Waals surface area contributed by atoms with Crippen molar-refractivity contribution in [2.24, 2.45) is 0 Å². The Morgan fingerprint density at radius 3 is 2.88 bits per heavy atom. The number of carbonyl (C=O) groups is 1. The first-order valence-electron chi connectivity index (χ1n) is 7.91. The van der Waals surface area contributed by atoms with Crippen LogP contribution in [0.5, 0.6) is 5.88 Å². The molecule has 6 heteroatoms. The van der Waals surface area contributed by atoms with Gasteiger partial charge in [-0.2, -0.15) is 0 Å². The van der Waals surface area contributed by atoms with Gasteiger partial charge in [-0.05, 0) is 40.8 Å². The van der Waals surface area contributed by atoms with Crippen LogP contribution in [0.3, 0.4) is 0 Å². The maximum atomic E-state index is 12.4. The number of fused-ring (bicyclic) bond motifs is 1. The van der Waals surface area contributed by atoms with Crippen LogP contribution >= 0.6 is 22.9 Å². The second-order valence-corrected chi connectivity index (χ2v) is 7.23. The normalized spacial score (nSPS) is 15.5. The van der Waals surface area contributed by atoms with Gasteiger partial charge in [-0.25, -0.2) is 4.98 Å². The number of rotatable bonds is 4. The van der Waals surface area contributed by atoms with Crippen molar-refractivity contribution < 1.29 is 9.53 Å². The molecule has 126 valence electrons. The number of aromatic nitrogens is 1. The largest absolute Gasteiger partial charge is 0.464 e. The molecule has 1 aromatic carbocycles. The summed E-state index contributed by atoms with van der Waals surface area (Å²) in [6, 6.07) is 13.5. The molecule has 0 radical (unpaired) electrons. The van der Waals surface area contributed by atoms with E-state index < -0.39 is 6.10 Å². The Morgan fingerprint density at radius 2 is 2.12 bits per heavy atom. The van der Waals surface area contributed by atoms with Crippen LogP contribution in [-0.2, 0) is 17.8 Å². The molecular weight excluding hydrogens is 356 g/mol. The molecule has 25 heavy (non-hydrogen) atoms. The topological polar surface area (TPSA) is 51.2 Å². The zero-order valence-electron chi connectivity index (χ0n) is 13.2. The lowest BCUT2D eigenvalue weighted by molar-refractivity contribution is -0.127. The molecule has 0 saturated carbocycles. The Morgan fingerprint density at radius 1 is 1.28 bits per heavy atom. The number of amides is 1. The van der Waals surface area contributed by atoms with Crippen molar-refractivity contribution in [2.75, 3.05) is 0 Å². The number of nitrogens with one attached hydrogen (secondary N) is 1. The number of benzene rings is 1. The third kappa shape index (κ3) is 3.38. The molecule has 1 amide bonds. The van der Waals surface area contributed by atoms with Crippen LogP contribution in [0.4, 0.5) is 0 Å². The lowest BCUT2D eigenvalue weighted by atomic mass is 9.99. The van der Waals surface area contributed by atoms with E-state index in [1.807, 2.05) is 47.8 Å². The van der Waals surface area contributed by atoms with Gasteiger partial charge in [0, 0.05) is 28.1 Å². The van der Waals surface area contributed by atoms with Gasteiger partial charge in [0.1, 0.15) is 0 Å². The Labute approximate surface area is 154 Å². The second kappa shape index (κ2) is 6.86. The Bertz CT molecular complexity index is 894. The Hall–Kier alpha value is -2.37. The van der Waals surface area contributed by atoms with E-state index >= 15 is 0 Å². The molecule has 2 aromatic heterocycles. The molecule has 4 rings (SSSR count). The summed E-state index contributed by atoms with van der Waals surface area (Å²) in [7, 11) is 0. The molecule has 4 nitrogen and oxygen atoms in total. The van der Waals surface area contributed by atoms with Crippen LogP contribution in [-0.4, -0.2) is 17.0 Å². The predicted molar refractivity (Wildman–Crippen MR) is 99.0 cm³/mol. The third-order valence-corrected chi connectivity index (χ3v) is 5.25. The second-order valence-electron chi connectivity index (χ2n) is 5.76. The average Bonchev–Trinajstić information content (AvgIpc) is 3.29. The lowest BCUT2D eigenvalue weighted by Gasteiger charge is -2.10. The highest BCUT2D eigenvalue weighted by molar-refractivity contribution is 7.09. The molecule has 0 saturated heterocycles. The summed E-state index contributed by atoms with van der Waals surface area (Å²) in [5.74, 6) is 0.414. The summed E-state index contributed by atoms with van der Waals surface area (Å²) < 4.78 is 5.78. The van der Waals surface area contributed by atoms with E-state index in [4.69, 9.17) is 16.3 Å². The number of nitrogens with zero attached hydrogens (tertiary/aromatic N) is 1. The van der Waals surface area contributed by atoms with E-state index in [9.17, 15) is 4.79 Å². The van der Waals surface area contributed by atoms with Crippen molar-refractivity contribution in [3.63, 3.8) is 0 Å². The summed E-state index contributed by atoms with van der Waals surface area (Å²) >= 11 is 7.59. The summed E-state index contributed by atoms with van der Waals surface area (Å²) in [5, 5.41) is 5.61. The monoisotopic (exact) mass is 370 g/mol. The van der Waals surface area contributed by atoms with E-state index in [1.54, 1.807) is 17.5 Å². The first-order valence-corrected chi connectivity index (χ1v) is 9.17. The highest BCUT2D eigenvalue weighted by Crippen LogP contribution is 2.35. The molecular formula is C19H15ClN2O2S. The van der Waals surface area contributed by atoms with Gasteiger partial charge in [-0.1, -0.05) is 29.8 Å². The quantitative estimate of drug-likeness (QED) is 0.752. The van der Waals surface area contributed by atoms with Crippen molar-refractivity contribution in [2.45, 2.75) is 19.1 Å². The highest BCUT2D eigenvalue weighted by atomic mass is 35.5. The molecule has 0 bridgehead atoms. The third-order valence-electron chi connectivity index (χ3n) is 4.12. The number of hydrogen-bond acceptors (Lipinski definition) is 4. The molecule has 1 aliphatic rings. The lowest BCUT2D eigenvalue weighted by Crippen LogP contribution is -2.36. The summed E-state index contributed by atoms with van der Waals surface area (Å²) in [4.78, 5) is 17.8. The van der Waals surface area contributed by atoms with Crippen LogP contribution < -0.4 is 10.1 Å². The fraction of sp³-hybridized carbons (Fsp3) is 0.158.